The monoisotopic (exact) mass is 332 g/mol. The van der Waals surface area contributed by atoms with Crippen molar-refractivity contribution in [2.45, 2.75) is 13.8 Å². The summed E-state index contributed by atoms with van der Waals surface area (Å²) in [6.07, 6.45) is 1.75. The molecule has 1 saturated heterocycles. The van der Waals surface area contributed by atoms with E-state index >= 15 is 0 Å². The van der Waals surface area contributed by atoms with E-state index in [4.69, 9.17) is 11.6 Å². The maximum atomic E-state index is 11.7. The highest BCUT2D eigenvalue weighted by Gasteiger charge is 2.25. The van der Waals surface area contributed by atoms with E-state index in [1.165, 1.54) is 0 Å². The minimum atomic E-state index is -0.341. The Bertz CT molecular complexity index is 806. The predicted molar refractivity (Wildman–Crippen MR) is 89.4 cm³/mol. The van der Waals surface area contributed by atoms with Crippen molar-refractivity contribution in [2.75, 3.05) is 0 Å². The Balaban J connectivity index is 2.04. The summed E-state index contributed by atoms with van der Waals surface area (Å²) in [7, 11) is 0. The maximum Gasteiger partial charge on any atom is 0.290 e. The van der Waals surface area contributed by atoms with Crippen LogP contribution in [0.5, 0.6) is 0 Å². The molecule has 1 aliphatic heterocycles. The number of thioether (sulfide) groups is 1. The maximum absolute atomic E-state index is 11.7. The van der Waals surface area contributed by atoms with Crippen molar-refractivity contribution >= 4 is 40.6 Å². The van der Waals surface area contributed by atoms with Crippen LogP contribution in [0, 0.1) is 13.8 Å². The number of nitrogens with zero attached hydrogens (tertiary/aromatic N) is 1. The fraction of sp³-hybridized carbons (Fsp3) is 0.125. The van der Waals surface area contributed by atoms with Gasteiger partial charge in [-0.25, -0.2) is 0 Å². The van der Waals surface area contributed by atoms with Crippen molar-refractivity contribution in [3.05, 3.63) is 57.2 Å². The van der Waals surface area contributed by atoms with Gasteiger partial charge in [-0.1, -0.05) is 11.6 Å². The Morgan fingerprint density at radius 1 is 1.18 bits per heavy atom. The van der Waals surface area contributed by atoms with E-state index < -0.39 is 0 Å². The first kappa shape index (κ1) is 14.9. The third-order valence-electron chi connectivity index (χ3n) is 3.48. The molecule has 1 fully saturated rings. The highest BCUT2D eigenvalue weighted by Crippen LogP contribution is 2.29. The molecule has 1 aromatic heterocycles. The van der Waals surface area contributed by atoms with Crippen LogP contribution >= 0.6 is 23.4 Å². The molecule has 0 saturated carbocycles. The number of benzene rings is 1. The van der Waals surface area contributed by atoms with Crippen molar-refractivity contribution in [1.29, 1.82) is 0 Å². The summed E-state index contributed by atoms with van der Waals surface area (Å²) in [6, 6.07) is 9.56. The van der Waals surface area contributed by atoms with Gasteiger partial charge in [-0.2, -0.15) is 0 Å². The second kappa shape index (κ2) is 5.66. The highest BCUT2D eigenvalue weighted by molar-refractivity contribution is 8.18. The van der Waals surface area contributed by atoms with Crippen molar-refractivity contribution < 1.29 is 9.59 Å². The first-order valence-corrected chi connectivity index (χ1v) is 7.85. The molecular weight excluding hydrogens is 320 g/mol. The van der Waals surface area contributed by atoms with Crippen molar-refractivity contribution in [3.8, 4) is 5.69 Å². The van der Waals surface area contributed by atoms with Crippen molar-refractivity contribution in [1.82, 2.24) is 9.88 Å². The highest BCUT2D eigenvalue weighted by atomic mass is 35.5. The fourth-order valence-corrected chi connectivity index (χ4v) is 3.28. The summed E-state index contributed by atoms with van der Waals surface area (Å²) >= 11 is 6.85. The summed E-state index contributed by atoms with van der Waals surface area (Å²) in [5, 5.41) is 2.62. The van der Waals surface area contributed by atoms with Gasteiger partial charge in [0.25, 0.3) is 11.1 Å². The first-order valence-electron chi connectivity index (χ1n) is 6.65. The van der Waals surface area contributed by atoms with Crippen LogP contribution in [0.25, 0.3) is 11.8 Å². The fourth-order valence-electron chi connectivity index (χ4n) is 2.48. The first-order chi connectivity index (χ1) is 10.5. The Kier molecular flexibility index (Phi) is 3.85. The lowest BCUT2D eigenvalue weighted by molar-refractivity contribution is -0.115. The Labute approximate surface area is 137 Å². The topological polar surface area (TPSA) is 51.1 Å². The molecule has 1 N–H and O–H groups in total. The summed E-state index contributed by atoms with van der Waals surface area (Å²) < 4.78 is 2.09. The molecule has 0 unspecified atom stereocenters. The number of aromatic nitrogens is 1. The van der Waals surface area contributed by atoms with E-state index in [9.17, 15) is 9.59 Å². The van der Waals surface area contributed by atoms with Gasteiger partial charge in [-0.05, 0) is 67.6 Å². The third-order valence-corrected chi connectivity index (χ3v) is 4.55. The van der Waals surface area contributed by atoms with Crippen LogP contribution in [0.1, 0.15) is 17.0 Å². The molecule has 0 aliphatic carbocycles. The van der Waals surface area contributed by atoms with E-state index in [-0.39, 0.29) is 11.1 Å². The lowest BCUT2D eigenvalue weighted by Gasteiger charge is -2.09. The van der Waals surface area contributed by atoms with Crippen LogP contribution in [0.3, 0.4) is 0 Å². The molecule has 2 heterocycles. The zero-order chi connectivity index (χ0) is 15.9. The minimum absolute atomic E-state index is 0.331. The quantitative estimate of drug-likeness (QED) is 0.843. The number of carbonyl (C=O) groups excluding carboxylic acids is 2. The van der Waals surface area contributed by atoms with Gasteiger partial charge in [0.2, 0.25) is 0 Å². The number of rotatable bonds is 2. The SMILES string of the molecule is Cc1cc(C=C2SC(=O)NC2=O)c(C)n1-c1ccc(Cl)cc1. The number of carbonyl (C=O) groups is 2. The zero-order valence-corrected chi connectivity index (χ0v) is 13.6. The van der Waals surface area contributed by atoms with Crippen LogP contribution in [-0.2, 0) is 4.79 Å². The van der Waals surface area contributed by atoms with Gasteiger partial charge >= 0.3 is 0 Å². The van der Waals surface area contributed by atoms with Gasteiger partial charge in [0.05, 0.1) is 4.91 Å². The number of hydrogen-bond donors (Lipinski definition) is 1. The summed E-state index contributed by atoms with van der Waals surface area (Å²) in [5.41, 5.74) is 3.96. The second-order valence-electron chi connectivity index (χ2n) is 4.99. The Morgan fingerprint density at radius 3 is 2.45 bits per heavy atom. The molecule has 2 aromatic rings. The number of hydrogen-bond acceptors (Lipinski definition) is 3. The molecule has 0 radical (unpaired) electrons. The molecule has 3 rings (SSSR count). The molecule has 112 valence electrons. The molecule has 0 spiro atoms. The lowest BCUT2D eigenvalue weighted by Crippen LogP contribution is -2.17. The number of imide groups is 1. The van der Waals surface area contributed by atoms with Crippen LogP contribution in [0.2, 0.25) is 5.02 Å². The van der Waals surface area contributed by atoms with Gasteiger partial charge in [0.15, 0.2) is 0 Å². The minimum Gasteiger partial charge on any atom is -0.318 e. The molecule has 0 bridgehead atoms. The predicted octanol–water partition coefficient (Wildman–Crippen LogP) is 4.07. The molecule has 2 amide bonds. The van der Waals surface area contributed by atoms with Crippen LogP contribution in [-0.4, -0.2) is 15.7 Å². The Hall–Kier alpha value is -1.98. The van der Waals surface area contributed by atoms with Crippen molar-refractivity contribution in [2.24, 2.45) is 0 Å². The summed E-state index contributed by atoms with van der Waals surface area (Å²) in [4.78, 5) is 23.3. The van der Waals surface area contributed by atoms with Crippen LogP contribution in [0.4, 0.5) is 4.79 Å². The number of halogens is 1. The van der Waals surface area contributed by atoms with E-state index in [2.05, 4.69) is 9.88 Å². The van der Waals surface area contributed by atoms with E-state index in [1.54, 1.807) is 6.08 Å². The molecule has 4 nitrogen and oxygen atoms in total. The standard InChI is InChI=1S/C16H13ClN2O2S/c1-9-7-11(8-14-15(20)18-16(21)22-14)10(2)19(9)13-5-3-12(17)4-6-13/h3-8H,1-2H3,(H,18,20,21). The summed E-state index contributed by atoms with van der Waals surface area (Å²) in [6.45, 7) is 3.98. The van der Waals surface area contributed by atoms with Crippen molar-refractivity contribution in [3.63, 3.8) is 0 Å². The average Bonchev–Trinajstić information content (AvgIpc) is 2.92. The average molecular weight is 333 g/mol. The van der Waals surface area contributed by atoms with Crippen LogP contribution < -0.4 is 5.32 Å². The largest absolute Gasteiger partial charge is 0.318 e. The van der Waals surface area contributed by atoms with Gasteiger partial charge in [0, 0.05) is 22.1 Å². The zero-order valence-electron chi connectivity index (χ0n) is 12.0. The molecule has 0 atom stereocenters. The molecule has 22 heavy (non-hydrogen) atoms. The van der Waals surface area contributed by atoms with Gasteiger partial charge in [0.1, 0.15) is 0 Å². The van der Waals surface area contributed by atoms with E-state index in [1.807, 2.05) is 44.2 Å². The normalized spacial score (nSPS) is 16.4. The molecule has 6 heteroatoms. The number of nitrogens with one attached hydrogen (secondary N) is 1. The number of amides is 2. The molecular formula is C16H13ClN2O2S. The van der Waals surface area contributed by atoms with E-state index in [0.29, 0.717) is 9.93 Å². The second-order valence-corrected chi connectivity index (χ2v) is 6.44. The smallest absolute Gasteiger partial charge is 0.290 e. The van der Waals surface area contributed by atoms with Gasteiger partial charge < -0.3 is 4.57 Å². The van der Waals surface area contributed by atoms with Gasteiger partial charge in [-0.15, -0.1) is 0 Å². The summed E-state index contributed by atoms with van der Waals surface area (Å²) in [5.74, 6) is -0.341. The Morgan fingerprint density at radius 2 is 1.86 bits per heavy atom. The molecule has 1 aliphatic rings. The lowest BCUT2D eigenvalue weighted by atomic mass is 10.2. The van der Waals surface area contributed by atoms with Gasteiger partial charge in [-0.3, -0.25) is 14.9 Å². The van der Waals surface area contributed by atoms with E-state index in [0.717, 1.165) is 34.4 Å². The third kappa shape index (κ3) is 2.69. The van der Waals surface area contributed by atoms with Crippen LogP contribution in [0.15, 0.2) is 35.2 Å². The number of aryl methyl sites for hydroxylation is 1. The molecule has 1 aromatic carbocycles.